The van der Waals surface area contributed by atoms with E-state index in [2.05, 4.69) is 4.90 Å². The summed E-state index contributed by atoms with van der Waals surface area (Å²) in [6.45, 7) is 4.35. The van der Waals surface area contributed by atoms with E-state index in [1.165, 1.54) is 0 Å². The first-order valence-electron chi connectivity index (χ1n) is 4.68. The van der Waals surface area contributed by atoms with Gasteiger partial charge in [0.05, 0.1) is 5.92 Å². The van der Waals surface area contributed by atoms with E-state index < -0.39 is 12.6 Å². The Morgan fingerprint density at radius 3 is 2.38 bits per heavy atom. The second-order valence-electron chi connectivity index (χ2n) is 3.68. The maximum Gasteiger partial charge on any atom is 0.228 e. The Labute approximate surface area is 78.5 Å². The maximum atomic E-state index is 12.2. The fourth-order valence-corrected chi connectivity index (χ4v) is 1.40. The molecule has 0 radical (unpaired) electrons. The molecule has 76 valence electrons. The highest BCUT2D eigenvalue weighted by Crippen LogP contribution is 2.06. The zero-order valence-electron chi connectivity index (χ0n) is 8.29. The molecule has 0 bridgehead atoms. The molecule has 1 fully saturated rings. The van der Waals surface area contributed by atoms with E-state index in [-0.39, 0.29) is 5.91 Å². The maximum absolute atomic E-state index is 12.2. The number of hydrogen-bond donors (Lipinski definition) is 0. The van der Waals surface area contributed by atoms with E-state index in [4.69, 9.17) is 0 Å². The second kappa shape index (κ2) is 4.56. The molecule has 0 aromatic heterocycles. The van der Waals surface area contributed by atoms with Crippen molar-refractivity contribution in [1.82, 2.24) is 9.80 Å². The van der Waals surface area contributed by atoms with Crippen LogP contribution in [-0.2, 0) is 4.79 Å². The SMILES string of the molecule is C[C@@H](CF)C(=O)N1CCN(C)CC1. The smallest absolute Gasteiger partial charge is 0.228 e. The molecule has 0 saturated carbocycles. The van der Waals surface area contributed by atoms with Gasteiger partial charge in [-0.3, -0.25) is 9.18 Å². The number of rotatable bonds is 2. The number of carbonyl (C=O) groups excluding carboxylic acids is 1. The van der Waals surface area contributed by atoms with Gasteiger partial charge in [-0.2, -0.15) is 0 Å². The van der Waals surface area contributed by atoms with Crippen molar-refractivity contribution < 1.29 is 9.18 Å². The van der Waals surface area contributed by atoms with Crippen molar-refractivity contribution >= 4 is 5.91 Å². The van der Waals surface area contributed by atoms with E-state index >= 15 is 0 Å². The van der Waals surface area contributed by atoms with Gasteiger partial charge >= 0.3 is 0 Å². The van der Waals surface area contributed by atoms with Crippen LogP contribution in [-0.4, -0.2) is 55.6 Å². The lowest BCUT2D eigenvalue weighted by Crippen LogP contribution is -2.48. The highest BCUT2D eigenvalue weighted by atomic mass is 19.1. The molecule has 13 heavy (non-hydrogen) atoms. The summed E-state index contributed by atoms with van der Waals surface area (Å²) in [5.74, 6) is -0.515. The Morgan fingerprint density at radius 1 is 1.38 bits per heavy atom. The van der Waals surface area contributed by atoms with Gasteiger partial charge in [0, 0.05) is 26.2 Å². The average molecular weight is 188 g/mol. The fraction of sp³-hybridized carbons (Fsp3) is 0.889. The van der Waals surface area contributed by atoms with Crippen molar-refractivity contribution in [3.8, 4) is 0 Å². The number of hydrogen-bond acceptors (Lipinski definition) is 2. The summed E-state index contributed by atoms with van der Waals surface area (Å²) in [6, 6.07) is 0. The highest BCUT2D eigenvalue weighted by Gasteiger charge is 2.23. The molecule has 0 aliphatic carbocycles. The molecule has 1 aliphatic heterocycles. The minimum absolute atomic E-state index is 0.0457. The molecule has 1 aliphatic rings. The van der Waals surface area contributed by atoms with Gasteiger partial charge in [0.2, 0.25) is 5.91 Å². The number of halogens is 1. The zero-order chi connectivity index (χ0) is 9.84. The Morgan fingerprint density at radius 2 is 1.92 bits per heavy atom. The van der Waals surface area contributed by atoms with Crippen LogP contribution in [0.15, 0.2) is 0 Å². The monoisotopic (exact) mass is 188 g/mol. The number of amides is 1. The molecule has 1 amide bonds. The van der Waals surface area contributed by atoms with Gasteiger partial charge in [-0.15, -0.1) is 0 Å². The molecule has 1 saturated heterocycles. The van der Waals surface area contributed by atoms with Gasteiger partial charge in [0.25, 0.3) is 0 Å². The van der Waals surface area contributed by atoms with Gasteiger partial charge in [0.15, 0.2) is 0 Å². The molecule has 0 N–H and O–H groups in total. The van der Waals surface area contributed by atoms with Gasteiger partial charge in [-0.05, 0) is 7.05 Å². The van der Waals surface area contributed by atoms with Crippen molar-refractivity contribution in [2.75, 3.05) is 39.9 Å². The molecule has 0 spiro atoms. The van der Waals surface area contributed by atoms with Crippen molar-refractivity contribution in [3.05, 3.63) is 0 Å². The standard InChI is InChI=1S/C9H17FN2O/c1-8(7-10)9(13)12-5-3-11(2)4-6-12/h8H,3-7H2,1-2H3/t8-/m0/s1. The fourth-order valence-electron chi connectivity index (χ4n) is 1.40. The van der Waals surface area contributed by atoms with Crippen LogP contribution in [0.2, 0.25) is 0 Å². The first kappa shape index (κ1) is 10.4. The molecule has 0 aromatic rings. The summed E-state index contributed by atoms with van der Waals surface area (Å²) in [5, 5.41) is 0. The van der Waals surface area contributed by atoms with Crippen LogP contribution in [0.1, 0.15) is 6.92 Å². The summed E-state index contributed by atoms with van der Waals surface area (Å²) >= 11 is 0. The summed E-state index contributed by atoms with van der Waals surface area (Å²) in [4.78, 5) is 15.4. The van der Waals surface area contributed by atoms with Crippen LogP contribution in [0, 0.1) is 5.92 Å². The first-order valence-corrected chi connectivity index (χ1v) is 4.68. The van der Waals surface area contributed by atoms with Crippen molar-refractivity contribution in [2.45, 2.75) is 6.92 Å². The Hall–Kier alpha value is -0.640. The van der Waals surface area contributed by atoms with Crippen LogP contribution >= 0.6 is 0 Å². The van der Waals surface area contributed by atoms with Crippen LogP contribution < -0.4 is 0 Å². The van der Waals surface area contributed by atoms with Gasteiger partial charge < -0.3 is 9.80 Å². The van der Waals surface area contributed by atoms with E-state index in [0.717, 1.165) is 26.2 Å². The van der Waals surface area contributed by atoms with E-state index in [0.29, 0.717) is 0 Å². The third-order valence-electron chi connectivity index (χ3n) is 2.47. The molecule has 3 nitrogen and oxygen atoms in total. The summed E-state index contributed by atoms with van der Waals surface area (Å²) in [5.41, 5.74) is 0. The van der Waals surface area contributed by atoms with Crippen LogP contribution in [0.25, 0.3) is 0 Å². The van der Waals surface area contributed by atoms with E-state index in [1.54, 1.807) is 11.8 Å². The van der Waals surface area contributed by atoms with Gasteiger partial charge in [-0.1, -0.05) is 6.92 Å². The number of alkyl halides is 1. The van der Waals surface area contributed by atoms with Crippen LogP contribution in [0.5, 0.6) is 0 Å². The minimum Gasteiger partial charge on any atom is -0.340 e. The topological polar surface area (TPSA) is 23.6 Å². The summed E-state index contributed by atoms with van der Waals surface area (Å²) < 4.78 is 12.2. The number of likely N-dealkylation sites (N-methyl/N-ethyl adjacent to an activating group) is 1. The quantitative estimate of drug-likeness (QED) is 0.625. The second-order valence-corrected chi connectivity index (χ2v) is 3.68. The molecule has 4 heteroatoms. The van der Waals surface area contributed by atoms with E-state index in [1.807, 2.05) is 7.05 Å². The predicted molar refractivity (Wildman–Crippen MR) is 49.2 cm³/mol. The summed E-state index contributed by atoms with van der Waals surface area (Å²) in [7, 11) is 2.03. The first-order chi connectivity index (χ1) is 6.15. The minimum atomic E-state index is -0.550. The lowest BCUT2D eigenvalue weighted by Gasteiger charge is -2.33. The largest absolute Gasteiger partial charge is 0.340 e. The highest BCUT2D eigenvalue weighted by molar-refractivity contribution is 5.78. The Bertz CT molecular complexity index is 178. The lowest BCUT2D eigenvalue weighted by molar-refractivity contribution is -0.137. The number of carbonyl (C=O) groups is 1. The Balaban J connectivity index is 2.40. The third-order valence-corrected chi connectivity index (χ3v) is 2.47. The molecule has 0 unspecified atom stereocenters. The normalized spacial score (nSPS) is 21.6. The third kappa shape index (κ3) is 2.66. The van der Waals surface area contributed by atoms with Gasteiger partial charge in [-0.25, -0.2) is 0 Å². The van der Waals surface area contributed by atoms with Crippen LogP contribution in [0.4, 0.5) is 4.39 Å². The van der Waals surface area contributed by atoms with Crippen molar-refractivity contribution in [3.63, 3.8) is 0 Å². The summed E-state index contributed by atoms with van der Waals surface area (Å²) in [6.07, 6.45) is 0. The van der Waals surface area contributed by atoms with Gasteiger partial charge in [0.1, 0.15) is 6.67 Å². The predicted octanol–water partition coefficient (Wildman–Crippen LogP) is 0.366. The Kier molecular flexibility index (Phi) is 3.66. The molecule has 1 heterocycles. The molecule has 1 atom stereocenters. The number of piperazine rings is 1. The van der Waals surface area contributed by atoms with Crippen molar-refractivity contribution in [2.24, 2.45) is 5.92 Å². The molecule has 1 rings (SSSR count). The average Bonchev–Trinajstić information content (AvgIpc) is 2.17. The molecular formula is C9H17FN2O. The van der Waals surface area contributed by atoms with Crippen LogP contribution in [0.3, 0.4) is 0 Å². The number of nitrogens with zero attached hydrogens (tertiary/aromatic N) is 2. The van der Waals surface area contributed by atoms with E-state index in [9.17, 15) is 9.18 Å². The molecular weight excluding hydrogens is 171 g/mol. The molecule has 0 aromatic carbocycles. The van der Waals surface area contributed by atoms with Crippen molar-refractivity contribution in [1.29, 1.82) is 0 Å². The lowest BCUT2D eigenvalue weighted by atomic mass is 10.1. The zero-order valence-corrected chi connectivity index (χ0v) is 8.29.